The van der Waals surface area contributed by atoms with E-state index in [1.165, 1.54) is 122 Å². The highest BCUT2D eigenvalue weighted by Crippen LogP contribution is 2.25. The second-order valence-corrected chi connectivity index (χ2v) is 15.4. The van der Waals surface area contributed by atoms with Crippen LogP contribution < -0.4 is 5.32 Å². The molecule has 0 aliphatic carbocycles. The molecule has 0 radical (unpaired) electrons. The van der Waals surface area contributed by atoms with Crippen LogP contribution in [0.5, 0.6) is 0 Å². The Labute approximate surface area is 307 Å². The van der Waals surface area contributed by atoms with Gasteiger partial charge in [-0.3, -0.25) is 9.59 Å². The van der Waals surface area contributed by atoms with E-state index in [0.717, 1.165) is 77.3 Å². The number of ether oxygens (including phenoxy) is 1. The molecule has 0 spiro atoms. The first-order valence-corrected chi connectivity index (χ1v) is 22.1. The van der Waals surface area contributed by atoms with Crippen molar-refractivity contribution in [1.82, 2.24) is 10.2 Å². The van der Waals surface area contributed by atoms with Crippen molar-refractivity contribution in [2.75, 3.05) is 26.7 Å². The van der Waals surface area contributed by atoms with Crippen molar-refractivity contribution in [2.24, 2.45) is 11.8 Å². The van der Waals surface area contributed by atoms with Gasteiger partial charge in [-0.05, 0) is 77.3 Å². The highest BCUT2D eigenvalue weighted by Gasteiger charge is 2.28. The number of carbonyl (C=O) groups excluding carboxylic acids is 2. The normalized spacial score (nSPS) is 13.3. The molecule has 1 N–H and O–H groups in total. The van der Waals surface area contributed by atoms with Crippen molar-refractivity contribution < 1.29 is 14.3 Å². The molecule has 0 saturated heterocycles. The summed E-state index contributed by atoms with van der Waals surface area (Å²) in [7, 11) is 2.02. The van der Waals surface area contributed by atoms with Crippen LogP contribution in [0.1, 0.15) is 227 Å². The average Bonchev–Trinajstić information content (AvgIpc) is 3.11. The van der Waals surface area contributed by atoms with Gasteiger partial charge in [-0.25, -0.2) is 0 Å². The summed E-state index contributed by atoms with van der Waals surface area (Å²) in [5.41, 5.74) is 0. The lowest BCUT2D eigenvalue weighted by molar-refractivity contribution is -0.145. The Kier molecular flexibility index (Phi) is 35.9. The summed E-state index contributed by atoms with van der Waals surface area (Å²) in [5.74, 6) is 1.17. The molecule has 0 aromatic heterocycles. The Hall–Kier alpha value is -1.10. The van der Waals surface area contributed by atoms with E-state index < -0.39 is 0 Å². The van der Waals surface area contributed by atoms with Crippen molar-refractivity contribution in [3.8, 4) is 0 Å². The molecule has 0 saturated carbocycles. The minimum absolute atomic E-state index is 0.00654. The van der Waals surface area contributed by atoms with Gasteiger partial charge in [0.2, 0.25) is 5.91 Å². The molecule has 0 aliphatic rings. The van der Waals surface area contributed by atoms with Crippen LogP contribution in [-0.2, 0) is 14.3 Å². The zero-order valence-corrected chi connectivity index (χ0v) is 34.2. The zero-order chi connectivity index (χ0) is 36.2. The minimum Gasteiger partial charge on any atom is -0.465 e. The number of hydrogen-bond donors (Lipinski definition) is 1. The summed E-state index contributed by atoms with van der Waals surface area (Å²) in [6, 6.07) is 0.385. The van der Waals surface area contributed by atoms with E-state index in [9.17, 15) is 9.59 Å². The Morgan fingerprint density at radius 1 is 0.551 bits per heavy atom. The number of nitrogens with zero attached hydrogens (tertiary/aromatic N) is 1. The molecule has 0 heterocycles. The summed E-state index contributed by atoms with van der Waals surface area (Å²) in [6.45, 7) is 13.8. The molecule has 0 aromatic rings. The summed E-state index contributed by atoms with van der Waals surface area (Å²) in [5, 5.41) is 3.29. The molecule has 49 heavy (non-hydrogen) atoms. The monoisotopic (exact) mass is 693 g/mol. The highest BCUT2D eigenvalue weighted by atomic mass is 16.5. The van der Waals surface area contributed by atoms with E-state index in [4.69, 9.17) is 4.74 Å². The molecule has 1 amide bonds. The fourth-order valence-corrected chi connectivity index (χ4v) is 7.34. The predicted molar refractivity (Wildman–Crippen MR) is 214 cm³/mol. The lowest BCUT2D eigenvalue weighted by Gasteiger charge is -2.35. The largest absolute Gasteiger partial charge is 0.465 e. The van der Waals surface area contributed by atoms with Crippen LogP contribution in [0.2, 0.25) is 0 Å². The maximum atomic E-state index is 14.0. The van der Waals surface area contributed by atoms with Gasteiger partial charge in [0, 0.05) is 24.9 Å². The molecule has 292 valence electrons. The van der Waals surface area contributed by atoms with E-state index in [1.807, 2.05) is 7.05 Å². The molecule has 0 rings (SSSR count). The first-order chi connectivity index (χ1) is 24.0. The van der Waals surface area contributed by atoms with Crippen molar-refractivity contribution in [2.45, 2.75) is 233 Å². The third kappa shape index (κ3) is 28.2. The fraction of sp³-hybridized carbons (Fsp3) is 0.955. The molecule has 0 fully saturated rings. The average molecular weight is 693 g/mol. The van der Waals surface area contributed by atoms with Gasteiger partial charge in [0.15, 0.2) is 0 Å². The first-order valence-electron chi connectivity index (χ1n) is 22.1. The molecular weight excluding hydrogens is 604 g/mol. The standard InChI is InChI=1S/C44H88N2O3/c1-7-12-16-18-19-22-26-34-42(46(38-30-29-37-45-6)44(48)41(11-5)33-15-10-4)35-27-23-20-21-24-28-36-43(47)49-39-40(31-14-9-3)32-25-17-13-8-2/h40-42,45H,7-39H2,1-6H3. The van der Waals surface area contributed by atoms with Crippen LogP contribution in [0, 0.1) is 11.8 Å². The van der Waals surface area contributed by atoms with E-state index in [1.54, 1.807) is 0 Å². The van der Waals surface area contributed by atoms with Crippen molar-refractivity contribution >= 4 is 11.9 Å². The number of hydrogen-bond acceptors (Lipinski definition) is 4. The molecule has 3 atom stereocenters. The quantitative estimate of drug-likeness (QED) is 0.0517. The third-order valence-electron chi connectivity index (χ3n) is 10.8. The third-order valence-corrected chi connectivity index (χ3v) is 10.8. The van der Waals surface area contributed by atoms with Crippen molar-refractivity contribution in [1.29, 1.82) is 0 Å². The minimum atomic E-state index is 0.00654. The fourth-order valence-electron chi connectivity index (χ4n) is 7.34. The number of amides is 1. The van der Waals surface area contributed by atoms with Crippen LogP contribution in [0.15, 0.2) is 0 Å². The van der Waals surface area contributed by atoms with Crippen LogP contribution in [0.3, 0.4) is 0 Å². The Balaban J connectivity index is 4.85. The number of unbranched alkanes of at least 4 members (excludes halogenated alkanes) is 17. The predicted octanol–water partition coefficient (Wildman–Crippen LogP) is 13.0. The second kappa shape index (κ2) is 36.7. The molecule has 5 heteroatoms. The molecule has 0 aromatic carbocycles. The van der Waals surface area contributed by atoms with Crippen molar-refractivity contribution in [3.63, 3.8) is 0 Å². The highest BCUT2D eigenvalue weighted by molar-refractivity contribution is 5.79. The van der Waals surface area contributed by atoms with Gasteiger partial charge in [0.25, 0.3) is 0 Å². The Morgan fingerprint density at radius 3 is 1.61 bits per heavy atom. The van der Waals surface area contributed by atoms with Gasteiger partial charge in [-0.1, -0.05) is 163 Å². The summed E-state index contributed by atoms with van der Waals surface area (Å²) < 4.78 is 5.75. The topological polar surface area (TPSA) is 58.6 Å². The summed E-state index contributed by atoms with van der Waals surface area (Å²) in [6.07, 6.45) is 35.5. The number of esters is 1. The smallest absolute Gasteiger partial charge is 0.305 e. The van der Waals surface area contributed by atoms with Gasteiger partial charge < -0.3 is 15.0 Å². The Morgan fingerprint density at radius 2 is 1.04 bits per heavy atom. The van der Waals surface area contributed by atoms with E-state index in [2.05, 4.69) is 44.8 Å². The van der Waals surface area contributed by atoms with E-state index in [-0.39, 0.29) is 11.9 Å². The summed E-state index contributed by atoms with van der Waals surface area (Å²) in [4.78, 5) is 28.9. The Bertz CT molecular complexity index is 714. The lowest BCUT2D eigenvalue weighted by Crippen LogP contribution is -2.44. The maximum absolute atomic E-state index is 14.0. The van der Waals surface area contributed by atoms with Gasteiger partial charge in [0.05, 0.1) is 6.61 Å². The molecule has 5 nitrogen and oxygen atoms in total. The lowest BCUT2D eigenvalue weighted by atomic mass is 9.93. The molecular formula is C44H88N2O3. The van der Waals surface area contributed by atoms with Gasteiger partial charge in [-0.15, -0.1) is 0 Å². The van der Waals surface area contributed by atoms with E-state index >= 15 is 0 Å². The van der Waals surface area contributed by atoms with Gasteiger partial charge in [-0.2, -0.15) is 0 Å². The van der Waals surface area contributed by atoms with Crippen LogP contribution in [0.4, 0.5) is 0 Å². The molecule has 3 unspecified atom stereocenters. The van der Waals surface area contributed by atoms with Gasteiger partial charge >= 0.3 is 5.97 Å². The number of carbonyl (C=O) groups is 2. The number of rotatable bonds is 38. The first kappa shape index (κ1) is 47.9. The molecule has 0 bridgehead atoms. The van der Waals surface area contributed by atoms with Gasteiger partial charge in [0.1, 0.15) is 0 Å². The molecule has 0 aliphatic heterocycles. The van der Waals surface area contributed by atoms with Crippen LogP contribution in [-0.4, -0.2) is 49.6 Å². The van der Waals surface area contributed by atoms with Crippen molar-refractivity contribution in [3.05, 3.63) is 0 Å². The summed E-state index contributed by atoms with van der Waals surface area (Å²) >= 11 is 0. The second-order valence-electron chi connectivity index (χ2n) is 15.4. The zero-order valence-electron chi connectivity index (χ0n) is 34.2. The van der Waals surface area contributed by atoms with E-state index in [0.29, 0.717) is 30.9 Å². The number of nitrogens with one attached hydrogen (secondary N) is 1. The maximum Gasteiger partial charge on any atom is 0.305 e. The van der Waals surface area contributed by atoms with Crippen LogP contribution >= 0.6 is 0 Å². The SMILES string of the molecule is CCCCCCCCCC(CCCCCCCCC(=O)OCC(CCCC)CCCCCC)N(CCCCNC)C(=O)C(CC)CCCC. The van der Waals surface area contributed by atoms with Crippen LogP contribution in [0.25, 0.3) is 0 Å².